The Morgan fingerprint density at radius 2 is 1.83 bits per heavy atom. The number of hydrogen-bond donors (Lipinski definition) is 0. The highest BCUT2D eigenvalue weighted by atomic mass is 19.1. The van der Waals surface area contributed by atoms with Crippen LogP contribution < -0.4 is 4.90 Å². The van der Waals surface area contributed by atoms with Crippen LogP contribution in [0.4, 0.5) is 14.5 Å². The predicted molar refractivity (Wildman–Crippen MR) is 67.0 cm³/mol. The minimum Gasteiger partial charge on any atom is -0.364 e. The van der Waals surface area contributed by atoms with E-state index >= 15 is 0 Å². The first-order valence-electron chi connectivity index (χ1n) is 6.23. The lowest BCUT2D eigenvalue weighted by atomic mass is 9.94. The molecule has 1 aliphatic heterocycles. The van der Waals surface area contributed by atoms with Gasteiger partial charge in [0.2, 0.25) is 0 Å². The lowest BCUT2D eigenvalue weighted by Crippen LogP contribution is -2.42. The van der Waals surface area contributed by atoms with Crippen LogP contribution in [-0.2, 0) is 0 Å². The van der Waals surface area contributed by atoms with Gasteiger partial charge in [-0.25, -0.2) is 8.78 Å². The van der Waals surface area contributed by atoms with Gasteiger partial charge in [-0.2, -0.15) is 0 Å². The van der Waals surface area contributed by atoms with Crippen molar-refractivity contribution in [1.82, 2.24) is 0 Å². The smallest absolute Gasteiger partial charge is 0.150 e. The third kappa shape index (κ3) is 2.37. The van der Waals surface area contributed by atoms with Gasteiger partial charge in [0.25, 0.3) is 0 Å². The van der Waals surface area contributed by atoms with E-state index in [2.05, 4.69) is 6.92 Å². The molecule has 1 saturated heterocycles. The molecule has 0 saturated carbocycles. The number of carbonyl (C=O) groups is 1. The average molecular weight is 253 g/mol. The van der Waals surface area contributed by atoms with Gasteiger partial charge in [0.1, 0.15) is 23.6 Å². The number of carbonyl (C=O) groups excluding carboxylic acids is 1. The second-order valence-electron chi connectivity index (χ2n) is 5.13. The number of rotatable bonds is 2. The van der Waals surface area contributed by atoms with Gasteiger partial charge in [-0.1, -0.05) is 6.92 Å². The molecule has 1 aliphatic rings. The van der Waals surface area contributed by atoms with Gasteiger partial charge in [-0.3, -0.25) is 4.79 Å². The maximum Gasteiger partial charge on any atom is 0.150 e. The molecular formula is C14H17F2NO. The van der Waals surface area contributed by atoms with Crippen molar-refractivity contribution in [2.24, 2.45) is 5.92 Å². The maximum absolute atomic E-state index is 13.9. The molecule has 2 atom stereocenters. The Kier molecular flexibility index (Phi) is 3.64. The number of hydrogen-bond acceptors (Lipinski definition) is 2. The van der Waals surface area contributed by atoms with Gasteiger partial charge < -0.3 is 4.90 Å². The van der Waals surface area contributed by atoms with E-state index in [1.807, 2.05) is 6.92 Å². The first kappa shape index (κ1) is 13.0. The summed E-state index contributed by atoms with van der Waals surface area (Å²) >= 11 is 0. The van der Waals surface area contributed by atoms with Crippen LogP contribution in [0.15, 0.2) is 12.1 Å². The summed E-state index contributed by atoms with van der Waals surface area (Å²) in [5, 5.41) is 0. The van der Waals surface area contributed by atoms with Crippen LogP contribution in [0.2, 0.25) is 0 Å². The predicted octanol–water partition coefficient (Wildman–Crippen LogP) is 3.40. The largest absolute Gasteiger partial charge is 0.364 e. The molecule has 0 aromatic heterocycles. The zero-order chi connectivity index (χ0) is 13.3. The summed E-state index contributed by atoms with van der Waals surface area (Å²) in [6.07, 6.45) is 2.46. The fourth-order valence-corrected chi connectivity index (χ4v) is 2.53. The van der Waals surface area contributed by atoms with E-state index in [1.54, 1.807) is 4.90 Å². The summed E-state index contributed by atoms with van der Waals surface area (Å²) in [6, 6.07) is 2.31. The summed E-state index contributed by atoms with van der Waals surface area (Å²) < 4.78 is 27.9. The van der Waals surface area contributed by atoms with E-state index in [-0.39, 0.29) is 17.3 Å². The number of benzene rings is 1. The molecule has 1 heterocycles. The van der Waals surface area contributed by atoms with Crippen LogP contribution in [-0.4, -0.2) is 18.9 Å². The molecule has 1 aromatic rings. The summed E-state index contributed by atoms with van der Waals surface area (Å²) in [5.74, 6) is -0.887. The highest BCUT2D eigenvalue weighted by Crippen LogP contribution is 2.32. The van der Waals surface area contributed by atoms with Crippen LogP contribution in [0, 0.1) is 17.6 Å². The highest BCUT2D eigenvalue weighted by molar-refractivity contribution is 5.76. The van der Waals surface area contributed by atoms with Gasteiger partial charge in [0.05, 0.1) is 0 Å². The monoisotopic (exact) mass is 253 g/mol. The molecule has 2 rings (SSSR count). The highest BCUT2D eigenvalue weighted by Gasteiger charge is 2.27. The fraction of sp³-hybridized carbons (Fsp3) is 0.500. The Bertz CT molecular complexity index is 438. The average Bonchev–Trinajstić information content (AvgIpc) is 2.32. The topological polar surface area (TPSA) is 20.3 Å². The Morgan fingerprint density at radius 3 is 2.39 bits per heavy atom. The van der Waals surface area contributed by atoms with Gasteiger partial charge in [0, 0.05) is 18.2 Å². The molecule has 2 nitrogen and oxygen atoms in total. The third-order valence-electron chi connectivity index (χ3n) is 3.58. The zero-order valence-corrected chi connectivity index (χ0v) is 10.6. The minimum absolute atomic E-state index is 0.000324. The van der Waals surface area contributed by atoms with E-state index in [0.717, 1.165) is 25.0 Å². The van der Waals surface area contributed by atoms with Crippen LogP contribution in [0.5, 0.6) is 0 Å². The molecule has 0 aliphatic carbocycles. The number of nitrogens with zero attached hydrogens (tertiary/aromatic N) is 1. The molecule has 0 amide bonds. The quantitative estimate of drug-likeness (QED) is 0.753. The van der Waals surface area contributed by atoms with Crippen LogP contribution in [0.25, 0.3) is 0 Å². The van der Waals surface area contributed by atoms with Gasteiger partial charge in [0.15, 0.2) is 0 Å². The molecule has 0 radical (unpaired) electrons. The van der Waals surface area contributed by atoms with Crippen molar-refractivity contribution in [1.29, 1.82) is 0 Å². The Balaban J connectivity index is 2.40. The zero-order valence-electron chi connectivity index (χ0n) is 10.6. The first-order chi connectivity index (χ1) is 8.52. The molecule has 0 bridgehead atoms. The van der Waals surface area contributed by atoms with Crippen molar-refractivity contribution in [3.05, 3.63) is 29.3 Å². The molecule has 0 spiro atoms. The standard InChI is InChI=1S/C14H17F2NO/c1-9-3-4-10(2)17(7-9)14-12(15)5-11(8-18)6-13(14)16/h5-6,8-10H,3-4,7H2,1-2H3. The van der Waals surface area contributed by atoms with E-state index in [1.165, 1.54) is 0 Å². The molecule has 2 unspecified atom stereocenters. The van der Waals surface area contributed by atoms with Crippen LogP contribution in [0.3, 0.4) is 0 Å². The van der Waals surface area contributed by atoms with Gasteiger partial charge in [-0.05, 0) is 37.8 Å². The number of anilines is 1. The van der Waals surface area contributed by atoms with E-state index < -0.39 is 11.6 Å². The van der Waals surface area contributed by atoms with Crippen molar-refractivity contribution in [3.8, 4) is 0 Å². The Hall–Kier alpha value is -1.45. The van der Waals surface area contributed by atoms with Gasteiger partial charge >= 0.3 is 0 Å². The summed E-state index contributed by atoms with van der Waals surface area (Å²) in [5.41, 5.74) is 0.0334. The van der Waals surface area contributed by atoms with E-state index in [0.29, 0.717) is 18.7 Å². The summed E-state index contributed by atoms with van der Waals surface area (Å²) in [4.78, 5) is 12.3. The normalized spacial score (nSPS) is 24.1. The molecular weight excluding hydrogens is 236 g/mol. The molecule has 0 N–H and O–H groups in total. The molecule has 1 fully saturated rings. The Morgan fingerprint density at radius 1 is 1.22 bits per heavy atom. The van der Waals surface area contributed by atoms with Crippen LogP contribution >= 0.6 is 0 Å². The Labute approximate surface area is 106 Å². The second-order valence-corrected chi connectivity index (χ2v) is 5.13. The third-order valence-corrected chi connectivity index (χ3v) is 3.58. The molecule has 98 valence electrons. The molecule has 4 heteroatoms. The van der Waals surface area contributed by atoms with Crippen molar-refractivity contribution in [3.63, 3.8) is 0 Å². The molecule has 1 aromatic carbocycles. The molecule has 18 heavy (non-hydrogen) atoms. The lowest BCUT2D eigenvalue weighted by molar-refractivity contribution is 0.112. The number of piperidine rings is 1. The van der Waals surface area contributed by atoms with Crippen LogP contribution in [0.1, 0.15) is 37.0 Å². The summed E-state index contributed by atoms with van der Waals surface area (Å²) in [6.45, 7) is 4.70. The van der Waals surface area contributed by atoms with Gasteiger partial charge in [-0.15, -0.1) is 0 Å². The van der Waals surface area contributed by atoms with Crippen molar-refractivity contribution >= 4 is 12.0 Å². The first-order valence-corrected chi connectivity index (χ1v) is 6.23. The minimum atomic E-state index is -0.655. The lowest BCUT2D eigenvalue weighted by Gasteiger charge is -2.38. The fourth-order valence-electron chi connectivity index (χ4n) is 2.53. The number of aldehydes is 1. The second kappa shape index (κ2) is 5.04. The van der Waals surface area contributed by atoms with E-state index in [4.69, 9.17) is 0 Å². The maximum atomic E-state index is 13.9. The van der Waals surface area contributed by atoms with Crippen molar-refractivity contribution in [2.45, 2.75) is 32.7 Å². The SMILES string of the molecule is CC1CCC(C)N(c2c(F)cc(C=O)cc2F)C1. The number of halogens is 2. The summed E-state index contributed by atoms with van der Waals surface area (Å²) in [7, 11) is 0. The van der Waals surface area contributed by atoms with Crippen molar-refractivity contribution < 1.29 is 13.6 Å². The van der Waals surface area contributed by atoms with Crippen molar-refractivity contribution in [2.75, 3.05) is 11.4 Å². The van der Waals surface area contributed by atoms with E-state index in [9.17, 15) is 13.6 Å².